The average molecular weight is 456 g/mol. The summed E-state index contributed by atoms with van der Waals surface area (Å²) in [5.41, 5.74) is 7.34. The fourth-order valence-electron chi connectivity index (χ4n) is 4.96. The molecular formula is C28H29N3O3. The summed E-state index contributed by atoms with van der Waals surface area (Å²) in [5, 5.41) is 9.67. The maximum Gasteiger partial charge on any atom is 0.352 e. The van der Waals surface area contributed by atoms with Gasteiger partial charge in [0, 0.05) is 43.1 Å². The maximum absolute atomic E-state index is 13.1. The molecule has 1 aliphatic heterocycles. The number of benzene rings is 2. The van der Waals surface area contributed by atoms with E-state index >= 15 is 0 Å². The monoisotopic (exact) mass is 455 g/mol. The van der Waals surface area contributed by atoms with Crippen molar-refractivity contribution >= 4 is 23.6 Å². The molecule has 34 heavy (non-hydrogen) atoms. The van der Waals surface area contributed by atoms with Crippen LogP contribution in [0.1, 0.15) is 40.7 Å². The van der Waals surface area contributed by atoms with E-state index in [9.17, 15) is 14.7 Å². The minimum atomic E-state index is -1.01. The highest BCUT2D eigenvalue weighted by molar-refractivity contribution is 5.93. The molecule has 0 spiro atoms. The van der Waals surface area contributed by atoms with Crippen molar-refractivity contribution in [2.45, 2.75) is 26.2 Å². The molecule has 0 atom stereocenters. The molecule has 0 radical (unpaired) electrons. The lowest BCUT2D eigenvalue weighted by molar-refractivity contribution is -0.130. The van der Waals surface area contributed by atoms with Crippen LogP contribution in [-0.2, 0) is 17.6 Å². The van der Waals surface area contributed by atoms with Crippen molar-refractivity contribution in [2.75, 3.05) is 31.1 Å². The van der Waals surface area contributed by atoms with Crippen LogP contribution in [0.15, 0.2) is 60.2 Å². The molecule has 2 aliphatic rings. The Balaban J connectivity index is 1.24. The van der Waals surface area contributed by atoms with Gasteiger partial charge in [-0.3, -0.25) is 4.79 Å². The summed E-state index contributed by atoms with van der Waals surface area (Å²) >= 11 is 0. The van der Waals surface area contributed by atoms with Crippen molar-refractivity contribution in [2.24, 2.45) is 0 Å². The van der Waals surface area contributed by atoms with Gasteiger partial charge in [0.1, 0.15) is 5.69 Å². The molecule has 1 amide bonds. The lowest BCUT2D eigenvalue weighted by atomic mass is 9.94. The molecule has 0 bridgehead atoms. The molecule has 0 saturated carbocycles. The number of H-pyrrole nitrogens is 1. The van der Waals surface area contributed by atoms with E-state index in [1.165, 1.54) is 16.7 Å². The number of fused-ring (bicyclic) bond motifs is 1. The Morgan fingerprint density at radius 1 is 0.912 bits per heavy atom. The summed E-state index contributed by atoms with van der Waals surface area (Å²) in [5.74, 6) is -1.02. The van der Waals surface area contributed by atoms with Crippen molar-refractivity contribution in [3.8, 4) is 11.1 Å². The molecule has 5 rings (SSSR count). The first-order valence-electron chi connectivity index (χ1n) is 11.8. The van der Waals surface area contributed by atoms with E-state index < -0.39 is 5.97 Å². The first-order valence-corrected chi connectivity index (χ1v) is 11.8. The zero-order valence-corrected chi connectivity index (χ0v) is 19.4. The van der Waals surface area contributed by atoms with E-state index in [-0.39, 0.29) is 18.0 Å². The van der Waals surface area contributed by atoms with Crippen molar-refractivity contribution in [1.82, 2.24) is 9.88 Å². The number of amides is 1. The Morgan fingerprint density at radius 2 is 1.59 bits per heavy atom. The molecule has 6 heteroatoms. The predicted octanol–water partition coefficient (Wildman–Crippen LogP) is 4.62. The van der Waals surface area contributed by atoms with E-state index in [0.717, 1.165) is 42.9 Å². The standard InChI is InChI=1S/C28H29N3O3/c1-19-7-12-25-23(17-19)24(27(29-25)28(33)34)18-26(32)31-15-13-30(14-16-31)22-10-8-21(9-11-22)20-5-3-2-4-6-20/h2-6,8-11,17,29H,7,12-16,18H2,1H3,(H,33,34). The zero-order valence-electron chi connectivity index (χ0n) is 19.4. The Hall–Kier alpha value is -3.80. The van der Waals surface area contributed by atoms with Crippen molar-refractivity contribution in [3.63, 3.8) is 0 Å². The normalized spacial score (nSPS) is 15.6. The number of aromatic amines is 1. The third kappa shape index (κ3) is 4.36. The average Bonchev–Trinajstić information content (AvgIpc) is 3.22. The van der Waals surface area contributed by atoms with Gasteiger partial charge in [-0.25, -0.2) is 4.79 Å². The number of carboxylic acids is 1. The maximum atomic E-state index is 13.1. The van der Waals surface area contributed by atoms with Gasteiger partial charge in [0.25, 0.3) is 0 Å². The molecule has 1 saturated heterocycles. The van der Waals surface area contributed by atoms with Crippen LogP contribution in [0.4, 0.5) is 5.69 Å². The number of allylic oxidation sites excluding steroid dienone is 1. The van der Waals surface area contributed by atoms with E-state index in [2.05, 4.69) is 46.3 Å². The predicted molar refractivity (Wildman–Crippen MR) is 134 cm³/mol. The fraction of sp³-hybridized carbons (Fsp3) is 0.286. The molecule has 2 N–H and O–H groups in total. The van der Waals surface area contributed by atoms with Gasteiger partial charge in [-0.2, -0.15) is 0 Å². The minimum Gasteiger partial charge on any atom is -0.477 e. The molecule has 2 heterocycles. The van der Waals surface area contributed by atoms with Gasteiger partial charge in [-0.05, 0) is 48.6 Å². The van der Waals surface area contributed by atoms with Gasteiger partial charge in [-0.1, -0.05) is 54.1 Å². The Labute approximate surface area is 199 Å². The summed E-state index contributed by atoms with van der Waals surface area (Å²) in [7, 11) is 0. The quantitative estimate of drug-likeness (QED) is 0.589. The number of aryl methyl sites for hydroxylation is 1. The van der Waals surface area contributed by atoms with Crippen LogP contribution in [0.2, 0.25) is 0 Å². The van der Waals surface area contributed by atoms with Crippen LogP contribution in [0.25, 0.3) is 17.2 Å². The Morgan fingerprint density at radius 3 is 2.26 bits per heavy atom. The zero-order chi connectivity index (χ0) is 23.7. The number of nitrogens with one attached hydrogen (secondary N) is 1. The van der Waals surface area contributed by atoms with Gasteiger partial charge in [-0.15, -0.1) is 0 Å². The second-order valence-corrected chi connectivity index (χ2v) is 9.12. The number of carboxylic acid groups (broad SMARTS) is 1. The minimum absolute atomic E-state index is 0.0139. The number of rotatable bonds is 5. The van der Waals surface area contributed by atoms with Crippen LogP contribution in [0, 0.1) is 0 Å². The van der Waals surface area contributed by atoms with Gasteiger partial charge in [0.2, 0.25) is 5.91 Å². The molecule has 2 aromatic carbocycles. The van der Waals surface area contributed by atoms with Crippen LogP contribution in [0.3, 0.4) is 0 Å². The topological polar surface area (TPSA) is 76.6 Å². The first-order chi connectivity index (χ1) is 16.5. The number of aromatic carboxylic acids is 1. The van der Waals surface area contributed by atoms with Gasteiger partial charge < -0.3 is 19.9 Å². The Kier molecular flexibility index (Phi) is 5.97. The van der Waals surface area contributed by atoms with Crippen molar-refractivity contribution in [1.29, 1.82) is 0 Å². The number of carbonyl (C=O) groups is 2. The molecule has 174 valence electrons. The summed E-state index contributed by atoms with van der Waals surface area (Å²) in [6, 6.07) is 18.9. The molecule has 0 unspecified atom stereocenters. The Bertz CT molecular complexity index is 1230. The first kappa shape index (κ1) is 22.0. The summed E-state index contributed by atoms with van der Waals surface area (Å²) in [6.07, 6.45) is 3.84. The van der Waals surface area contributed by atoms with E-state index in [0.29, 0.717) is 18.7 Å². The largest absolute Gasteiger partial charge is 0.477 e. The van der Waals surface area contributed by atoms with E-state index in [1.54, 1.807) is 0 Å². The second-order valence-electron chi connectivity index (χ2n) is 9.12. The number of aromatic nitrogens is 1. The van der Waals surface area contributed by atoms with E-state index in [1.807, 2.05) is 36.1 Å². The summed E-state index contributed by atoms with van der Waals surface area (Å²) in [6.45, 7) is 4.82. The number of hydrogen-bond acceptors (Lipinski definition) is 3. The summed E-state index contributed by atoms with van der Waals surface area (Å²) < 4.78 is 0. The van der Waals surface area contributed by atoms with Gasteiger partial charge in [0.15, 0.2) is 0 Å². The van der Waals surface area contributed by atoms with Crippen LogP contribution < -0.4 is 4.90 Å². The number of piperazine rings is 1. The number of carbonyl (C=O) groups excluding carboxylic acids is 1. The highest BCUT2D eigenvalue weighted by atomic mass is 16.4. The van der Waals surface area contributed by atoms with E-state index in [4.69, 9.17) is 0 Å². The molecule has 1 aliphatic carbocycles. The molecule has 1 aromatic heterocycles. The number of anilines is 1. The third-order valence-corrected chi connectivity index (χ3v) is 6.90. The third-order valence-electron chi connectivity index (χ3n) is 6.90. The van der Waals surface area contributed by atoms with Crippen LogP contribution >= 0.6 is 0 Å². The smallest absolute Gasteiger partial charge is 0.352 e. The van der Waals surface area contributed by atoms with Crippen LogP contribution in [0.5, 0.6) is 0 Å². The van der Waals surface area contributed by atoms with Gasteiger partial charge in [0.05, 0.1) is 6.42 Å². The fourth-order valence-corrected chi connectivity index (χ4v) is 4.96. The molecule has 6 nitrogen and oxygen atoms in total. The lowest BCUT2D eigenvalue weighted by Gasteiger charge is -2.36. The molecular weight excluding hydrogens is 426 g/mol. The SMILES string of the molecule is CC1=Cc2c([nH]c(C(=O)O)c2CC(=O)N2CCN(c3ccc(-c4ccccc4)cc3)CC2)CC1. The number of hydrogen-bond donors (Lipinski definition) is 2. The summed E-state index contributed by atoms with van der Waals surface area (Å²) in [4.78, 5) is 32.2. The second kappa shape index (κ2) is 9.21. The lowest BCUT2D eigenvalue weighted by Crippen LogP contribution is -2.49. The van der Waals surface area contributed by atoms with Crippen molar-refractivity contribution < 1.29 is 14.7 Å². The van der Waals surface area contributed by atoms with Crippen LogP contribution in [-0.4, -0.2) is 53.0 Å². The number of nitrogens with zero attached hydrogens (tertiary/aromatic N) is 2. The molecule has 1 fully saturated rings. The highest BCUT2D eigenvalue weighted by Gasteiger charge is 2.27. The van der Waals surface area contributed by atoms with Gasteiger partial charge >= 0.3 is 5.97 Å². The van der Waals surface area contributed by atoms with Crippen molar-refractivity contribution in [3.05, 3.63) is 82.7 Å². The highest BCUT2D eigenvalue weighted by Crippen LogP contribution is 2.30. The molecule has 3 aromatic rings.